The summed E-state index contributed by atoms with van der Waals surface area (Å²) in [6.07, 6.45) is 0.646. The predicted molar refractivity (Wildman–Crippen MR) is 89.5 cm³/mol. The van der Waals surface area contributed by atoms with E-state index in [1.54, 1.807) is 0 Å². The van der Waals surface area contributed by atoms with E-state index in [2.05, 4.69) is 21.2 Å². The summed E-state index contributed by atoms with van der Waals surface area (Å²) in [5.74, 6) is -1.16. The van der Waals surface area contributed by atoms with Crippen molar-refractivity contribution >= 4 is 39.2 Å². The van der Waals surface area contributed by atoms with Gasteiger partial charge in [0.2, 0.25) is 5.91 Å². The van der Waals surface area contributed by atoms with Gasteiger partial charge < -0.3 is 14.8 Å². The number of amides is 1. The Balaban J connectivity index is 1.59. The van der Waals surface area contributed by atoms with Crippen molar-refractivity contribution in [1.82, 2.24) is 0 Å². The number of benzene rings is 1. The van der Waals surface area contributed by atoms with E-state index in [1.165, 1.54) is 25.3 Å². The largest absolute Gasteiger partial charge is 0.494 e. The molecule has 0 aromatic heterocycles. The fraction of sp³-hybridized carbons (Fsp3) is 0.500. The molecule has 1 N–H and O–H groups in total. The van der Waals surface area contributed by atoms with Gasteiger partial charge in [0.1, 0.15) is 11.9 Å². The summed E-state index contributed by atoms with van der Waals surface area (Å²) >= 11 is 3.57. The second-order valence-corrected chi connectivity index (χ2v) is 7.65. The van der Waals surface area contributed by atoms with Crippen molar-refractivity contribution in [3.63, 3.8) is 0 Å². The molecule has 25 heavy (non-hydrogen) atoms. The number of anilines is 1. The molecule has 0 unspecified atom stereocenters. The van der Waals surface area contributed by atoms with Gasteiger partial charge in [0.25, 0.3) is 5.69 Å². The number of carbonyl (C=O) groups is 2. The molecular formula is C16H15BrN2O6. The highest BCUT2D eigenvalue weighted by Crippen LogP contribution is 2.60. The summed E-state index contributed by atoms with van der Waals surface area (Å²) in [5.41, 5.74) is 0.215. The van der Waals surface area contributed by atoms with Crippen LogP contribution in [0.1, 0.15) is 6.42 Å². The molecule has 1 aliphatic heterocycles. The Morgan fingerprint density at radius 2 is 2.20 bits per heavy atom. The van der Waals surface area contributed by atoms with E-state index in [0.717, 1.165) is 6.42 Å². The molecule has 6 atom stereocenters. The van der Waals surface area contributed by atoms with E-state index in [-0.39, 0.29) is 46.1 Å². The number of nitrogens with zero attached hydrogens (tertiary/aromatic N) is 1. The van der Waals surface area contributed by atoms with Crippen molar-refractivity contribution in [2.75, 3.05) is 12.4 Å². The molecule has 132 valence electrons. The lowest BCUT2D eigenvalue weighted by molar-refractivity contribution is -0.384. The fourth-order valence-corrected chi connectivity index (χ4v) is 5.49. The monoisotopic (exact) mass is 410 g/mol. The van der Waals surface area contributed by atoms with Gasteiger partial charge in [-0.2, -0.15) is 0 Å². The number of alkyl halides is 1. The summed E-state index contributed by atoms with van der Waals surface area (Å²) in [7, 11) is 1.37. The minimum atomic E-state index is -0.534. The second-order valence-electron chi connectivity index (χ2n) is 6.59. The molecule has 0 spiro atoms. The third kappa shape index (κ3) is 2.32. The van der Waals surface area contributed by atoms with E-state index >= 15 is 0 Å². The van der Waals surface area contributed by atoms with Crippen molar-refractivity contribution in [1.29, 1.82) is 0 Å². The highest BCUT2D eigenvalue weighted by atomic mass is 79.9. The van der Waals surface area contributed by atoms with E-state index in [9.17, 15) is 19.7 Å². The summed E-state index contributed by atoms with van der Waals surface area (Å²) in [5, 5.41) is 13.6. The molecule has 1 aromatic carbocycles. The molecule has 2 bridgehead atoms. The number of carbonyl (C=O) groups excluding carboxylic acids is 2. The number of esters is 1. The maximum absolute atomic E-state index is 12.8. The van der Waals surface area contributed by atoms with Crippen LogP contribution in [0, 0.1) is 33.8 Å². The minimum Gasteiger partial charge on any atom is -0.494 e. The molecule has 8 nitrogen and oxygen atoms in total. The van der Waals surface area contributed by atoms with Gasteiger partial charge in [-0.15, -0.1) is 0 Å². The Kier molecular flexibility index (Phi) is 3.71. The number of ether oxygens (including phenoxy) is 2. The molecule has 3 aliphatic rings. The number of halogens is 1. The van der Waals surface area contributed by atoms with Crippen LogP contribution in [-0.4, -0.2) is 34.8 Å². The summed E-state index contributed by atoms with van der Waals surface area (Å²) in [4.78, 5) is 35.3. The maximum atomic E-state index is 12.8. The van der Waals surface area contributed by atoms with Crippen LogP contribution in [0.5, 0.6) is 5.75 Å². The summed E-state index contributed by atoms with van der Waals surface area (Å²) < 4.78 is 10.5. The van der Waals surface area contributed by atoms with E-state index in [0.29, 0.717) is 5.69 Å². The quantitative estimate of drug-likeness (QED) is 0.352. The number of nitro groups is 1. The van der Waals surface area contributed by atoms with Crippen LogP contribution < -0.4 is 10.1 Å². The first kappa shape index (κ1) is 16.3. The van der Waals surface area contributed by atoms with Crippen molar-refractivity contribution in [3.8, 4) is 5.75 Å². The molecule has 9 heteroatoms. The lowest BCUT2D eigenvalue weighted by atomic mass is 9.79. The number of nitrogens with one attached hydrogen (secondary N) is 1. The summed E-state index contributed by atoms with van der Waals surface area (Å²) in [6.45, 7) is 0. The minimum absolute atomic E-state index is 0.0188. The first-order valence-electron chi connectivity index (χ1n) is 7.90. The van der Waals surface area contributed by atoms with Crippen LogP contribution in [0.15, 0.2) is 18.2 Å². The lowest BCUT2D eigenvalue weighted by Crippen LogP contribution is -2.40. The van der Waals surface area contributed by atoms with Crippen LogP contribution in [-0.2, 0) is 14.3 Å². The number of hydrogen-bond donors (Lipinski definition) is 1. The van der Waals surface area contributed by atoms with Crippen LogP contribution in [0.4, 0.5) is 11.4 Å². The van der Waals surface area contributed by atoms with Crippen molar-refractivity contribution in [2.45, 2.75) is 17.4 Å². The molecule has 1 saturated heterocycles. The molecular weight excluding hydrogens is 396 g/mol. The Bertz CT molecular complexity index is 784. The fourth-order valence-electron chi connectivity index (χ4n) is 4.44. The third-order valence-electron chi connectivity index (χ3n) is 5.48. The Labute approximate surface area is 151 Å². The van der Waals surface area contributed by atoms with Crippen molar-refractivity contribution < 1.29 is 24.0 Å². The van der Waals surface area contributed by atoms with E-state index < -0.39 is 16.8 Å². The molecule has 4 rings (SSSR count). The normalized spacial score (nSPS) is 34.7. The molecule has 2 saturated carbocycles. The Hall–Kier alpha value is -2.16. The Morgan fingerprint density at radius 3 is 2.88 bits per heavy atom. The zero-order chi connectivity index (χ0) is 17.9. The molecule has 3 fully saturated rings. The topological polar surface area (TPSA) is 108 Å². The average Bonchev–Trinajstić information content (AvgIpc) is 3.19. The molecule has 1 aromatic rings. The average molecular weight is 411 g/mol. The number of nitro benzene ring substituents is 1. The number of rotatable bonds is 4. The van der Waals surface area contributed by atoms with Crippen LogP contribution in [0.2, 0.25) is 0 Å². The molecule has 1 heterocycles. The number of methoxy groups -OCH3 is 1. The molecule has 1 amide bonds. The Morgan fingerprint density at radius 1 is 1.44 bits per heavy atom. The standard InChI is InChI=1S/C16H15BrN2O6/c1-24-10-4-6(19(22)23)2-3-9(10)18-15(20)11-7-5-8-12(11)16(21)25-14(8)13(7)17/h2-4,7-8,11-14H,5H2,1H3,(H,18,20)/t7-,8-,11-,12-,13+,14+/m1/s1. The van der Waals surface area contributed by atoms with Gasteiger partial charge in [-0.1, -0.05) is 15.9 Å². The van der Waals surface area contributed by atoms with Crippen LogP contribution >= 0.6 is 15.9 Å². The highest BCUT2D eigenvalue weighted by Gasteiger charge is 2.67. The molecule has 2 aliphatic carbocycles. The van der Waals surface area contributed by atoms with Crippen LogP contribution in [0.25, 0.3) is 0 Å². The van der Waals surface area contributed by atoms with Gasteiger partial charge in [-0.3, -0.25) is 19.7 Å². The first-order valence-corrected chi connectivity index (χ1v) is 8.81. The van der Waals surface area contributed by atoms with Gasteiger partial charge in [0.05, 0.1) is 40.4 Å². The summed E-state index contributed by atoms with van der Waals surface area (Å²) in [6, 6.07) is 3.99. The second kappa shape index (κ2) is 5.69. The van der Waals surface area contributed by atoms with E-state index in [4.69, 9.17) is 9.47 Å². The first-order chi connectivity index (χ1) is 11.9. The van der Waals surface area contributed by atoms with Crippen LogP contribution in [0.3, 0.4) is 0 Å². The molecule has 0 radical (unpaired) electrons. The maximum Gasteiger partial charge on any atom is 0.310 e. The third-order valence-corrected chi connectivity index (χ3v) is 6.68. The number of fused-ring (bicyclic) bond motifs is 1. The lowest BCUT2D eigenvalue weighted by Gasteiger charge is -2.27. The SMILES string of the molecule is COc1cc([N+](=O)[O-])ccc1NC(=O)[C@@H]1[C@H]2C[C@H]3[C@H](OC(=O)[C@H]31)[C@H]2Br. The van der Waals surface area contributed by atoms with Gasteiger partial charge >= 0.3 is 5.97 Å². The number of hydrogen-bond acceptors (Lipinski definition) is 6. The van der Waals surface area contributed by atoms with Crippen molar-refractivity contribution in [2.24, 2.45) is 23.7 Å². The van der Waals surface area contributed by atoms with Gasteiger partial charge in [0, 0.05) is 12.0 Å². The zero-order valence-electron chi connectivity index (χ0n) is 13.2. The zero-order valence-corrected chi connectivity index (χ0v) is 14.8. The van der Waals surface area contributed by atoms with E-state index in [1.807, 2.05) is 0 Å². The van der Waals surface area contributed by atoms with Crippen molar-refractivity contribution in [3.05, 3.63) is 28.3 Å². The number of non-ortho nitro benzene ring substituents is 1. The van der Waals surface area contributed by atoms with Gasteiger partial charge in [0.15, 0.2) is 0 Å². The van der Waals surface area contributed by atoms with Gasteiger partial charge in [-0.05, 0) is 18.4 Å². The van der Waals surface area contributed by atoms with Gasteiger partial charge in [-0.25, -0.2) is 0 Å². The highest BCUT2D eigenvalue weighted by molar-refractivity contribution is 9.09. The smallest absolute Gasteiger partial charge is 0.310 e. The predicted octanol–water partition coefficient (Wildman–Crippen LogP) is 2.11.